The molecule has 7 heteroatoms. The maximum atomic E-state index is 6.07. The zero-order valence-corrected chi connectivity index (χ0v) is 15.9. The van der Waals surface area contributed by atoms with Gasteiger partial charge in [-0.05, 0) is 38.3 Å². The van der Waals surface area contributed by atoms with Gasteiger partial charge in [-0.25, -0.2) is 4.98 Å². The summed E-state index contributed by atoms with van der Waals surface area (Å²) in [6.45, 7) is 7.60. The Morgan fingerprint density at radius 2 is 2.00 bits per heavy atom. The summed E-state index contributed by atoms with van der Waals surface area (Å²) < 4.78 is 12.7. The summed E-state index contributed by atoms with van der Waals surface area (Å²) in [6, 6.07) is 6.35. The number of benzene rings is 1. The average Bonchev–Trinajstić information content (AvgIpc) is 3.28. The van der Waals surface area contributed by atoms with Gasteiger partial charge in [-0.2, -0.15) is 0 Å². The van der Waals surface area contributed by atoms with Gasteiger partial charge in [-0.1, -0.05) is 23.5 Å². The number of aromatic nitrogens is 3. The Morgan fingerprint density at radius 1 is 1.19 bits per heavy atom. The van der Waals surface area contributed by atoms with Gasteiger partial charge in [0.1, 0.15) is 0 Å². The molecule has 26 heavy (non-hydrogen) atoms. The van der Waals surface area contributed by atoms with Crippen LogP contribution >= 0.6 is 11.3 Å². The van der Waals surface area contributed by atoms with Crippen molar-refractivity contribution in [2.75, 3.05) is 31.2 Å². The Balaban J connectivity index is 1.33. The quantitative estimate of drug-likeness (QED) is 0.701. The van der Waals surface area contributed by atoms with E-state index in [0.717, 1.165) is 61.6 Å². The summed E-state index contributed by atoms with van der Waals surface area (Å²) >= 11 is 1.75. The fourth-order valence-corrected chi connectivity index (χ4v) is 4.91. The first-order valence-electron chi connectivity index (χ1n) is 9.15. The van der Waals surface area contributed by atoms with Gasteiger partial charge < -0.3 is 14.1 Å². The van der Waals surface area contributed by atoms with Crippen molar-refractivity contribution in [3.8, 4) is 0 Å². The number of hydrogen-bond donors (Lipinski definition) is 0. The van der Waals surface area contributed by atoms with Crippen molar-refractivity contribution in [1.82, 2.24) is 15.2 Å². The molecule has 3 aromatic rings. The molecular formula is C19H22N4O2S. The van der Waals surface area contributed by atoms with E-state index in [2.05, 4.69) is 47.1 Å². The number of anilines is 1. The average molecular weight is 370 g/mol. The van der Waals surface area contributed by atoms with Crippen molar-refractivity contribution in [2.24, 2.45) is 0 Å². The zero-order chi connectivity index (χ0) is 17.7. The van der Waals surface area contributed by atoms with E-state index in [4.69, 9.17) is 14.1 Å². The van der Waals surface area contributed by atoms with Crippen LogP contribution in [0.25, 0.3) is 10.2 Å². The first kappa shape index (κ1) is 16.2. The topological polar surface area (TPSA) is 64.3 Å². The van der Waals surface area contributed by atoms with Gasteiger partial charge in [0, 0.05) is 32.2 Å². The number of rotatable bonds is 3. The molecule has 2 aromatic heterocycles. The Hall–Kier alpha value is -1.99. The predicted molar refractivity (Wildman–Crippen MR) is 101 cm³/mol. The zero-order valence-electron chi connectivity index (χ0n) is 15.1. The van der Waals surface area contributed by atoms with Crippen molar-refractivity contribution in [3.05, 3.63) is 35.5 Å². The fourth-order valence-electron chi connectivity index (χ4n) is 3.86. The molecule has 2 aliphatic rings. The van der Waals surface area contributed by atoms with Crippen LogP contribution in [-0.2, 0) is 10.2 Å². The van der Waals surface area contributed by atoms with Crippen molar-refractivity contribution in [3.63, 3.8) is 0 Å². The van der Waals surface area contributed by atoms with Crippen molar-refractivity contribution >= 4 is 26.7 Å². The molecule has 1 aromatic carbocycles. The number of para-hydroxylation sites is 1. The van der Waals surface area contributed by atoms with E-state index in [-0.39, 0.29) is 5.41 Å². The Labute approximate surface area is 156 Å². The van der Waals surface area contributed by atoms with Gasteiger partial charge in [0.2, 0.25) is 11.8 Å². The number of hydrogen-bond acceptors (Lipinski definition) is 7. The number of fused-ring (bicyclic) bond motifs is 1. The molecular weight excluding hydrogens is 348 g/mol. The maximum Gasteiger partial charge on any atom is 0.225 e. The second kappa shape index (κ2) is 6.03. The second-order valence-electron chi connectivity index (χ2n) is 7.67. The van der Waals surface area contributed by atoms with Crippen LogP contribution in [-0.4, -0.2) is 41.5 Å². The number of ether oxygens (including phenoxy) is 1. The third-order valence-corrected chi connectivity index (χ3v) is 6.57. The molecule has 0 saturated carbocycles. The Morgan fingerprint density at radius 3 is 2.77 bits per heavy atom. The summed E-state index contributed by atoms with van der Waals surface area (Å²) in [6.07, 6.45) is 1.94. The van der Waals surface area contributed by atoms with Crippen LogP contribution in [0, 0.1) is 6.92 Å². The van der Waals surface area contributed by atoms with Crippen LogP contribution < -0.4 is 4.90 Å². The van der Waals surface area contributed by atoms with E-state index in [1.807, 2.05) is 0 Å². The van der Waals surface area contributed by atoms with Gasteiger partial charge in [0.15, 0.2) is 5.13 Å². The minimum absolute atomic E-state index is 0.0939. The number of aryl methyl sites for hydroxylation is 1. The lowest BCUT2D eigenvalue weighted by Crippen LogP contribution is -2.58. The molecule has 0 radical (unpaired) electrons. The first-order valence-corrected chi connectivity index (χ1v) is 9.97. The molecule has 0 atom stereocenters. The maximum absolute atomic E-state index is 6.07. The minimum Gasteiger partial charge on any atom is -0.424 e. The summed E-state index contributed by atoms with van der Waals surface area (Å²) in [5, 5.41) is 9.78. The highest BCUT2D eigenvalue weighted by atomic mass is 32.1. The summed E-state index contributed by atoms with van der Waals surface area (Å²) in [5.41, 5.74) is 2.25. The highest BCUT2D eigenvalue weighted by Gasteiger charge is 2.46. The lowest BCUT2D eigenvalue weighted by Gasteiger charge is -2.45. The first-order chi connectivity index (χ1) is 12.6. The highest BCUT2D eigenvalue weighted by molar-refractivity contribution is 7.22. The van der Waals surface area contributed by atoms with E-state index >= 15 is 0 Å². The van der Waals surface area contributed by atoms with Crippen LogP contribution in [0.3, 0.4) is 0 Å². The van der Waals surface area contributed by atoms with Gasteiger partial charge >= 0.3 is 0 Å². The SMILES string of the molecule is Cc1cccc2sc(N3CC(C)(c4nnc(C5CCOCC5)o4)C3)nc12. The second-order valence-corrected chi connectivity index (χ2v) is 8.68. The summed E-state index contributed by atoms with van der Waals surface area (Å²) in [4.78, 5) is 7.14. The normalized spacial score (nSPS) is 20.5. The smallest absolute Gasteiger partial charge is 0.225 e. The Kier molecular flexibility index (Phi) is 3.76. The number of thiazole rings is 1. The third kappa shape index (κ3) is 2.61. The predicted octanol–water partition coefficient (Wildman–Crippen LogP) is 3.66. The molecule has 0 aliphatic carbocycles. The molecule has 2 saturated heterocycles. The molecule has 6 nitrogen and oxygen atoms in total. The monoisotopic (exact) mass is 370 g/mol. The minimum atomic E-state index is -0.0939. The molecule has 0 N–H and O–H groups in total. The molecule has 0 unspecified atom stereocenters. The van der Waals surface area contributed by atoms with Crippen LogP contribution in [0.2, 0.25) is 0 Å². The molecule has 0 bridgehead atoms. The van der Waals surface area contributed by atoms with E-state index in [0.29, 0.717) is 5.92 Å². The van der Waals surface area contributed by atoms with E-state index in [1.165, 1.54) is 10.3 Å². The molecule has 0 amide bonds. The van der Waals surface area contributed by atoms with Gasteiger partial charge in [0.25, 0.3) is 0 Å². The van der Waals surface area contributed by atoms with Crippen molar-refractivity contribution in [1.29, 1.82) is 0 Å². The van der Waals surface area contributed by atoms with Gasteiger partial charge in [-0.3, -0.25) is 0 Å². The van der Waals surface area contributed by atoms with Crippen molar-refractivity contribution < 1.29 is 9.15 Å². The van der Waals surface area contributed by atoms with E-state index in [1.54, 1.807) is 11.3 Å². The van der Waals surface area contributed by atoms with Crippen LogP contribution in [0.1, 0.15) is 43.0 Å². The third-order valence-electron chi connectivity index (χ3n) is 5.49. The van der Waals surface area contributed by atoms with Crippen molar-refractivity contribution in [2.45, 2.75) is 38.0 Å². The summed E-state index contributed by atoms with van der Waals surface area (Å²) in [5.74, 6) is 1.88. The molecule has 136 valence electrons. The molecule has 2 fully saturated rings. The highest BCUT2D eigenvalue weighted by Crippen LogP contribution is 2.40. The lowest BCUT2D eigenvalue weighted by molar-refractivity contribution is 0.0785. The molecule has 2 aliphatic heterocycles. The number of nitrogens with zero attached hydrogens (tertiary/aromatic N) is 4. The van der Waals surface area contributed by atoms with Crippen LogP contribution in [0.15, 0.2) is 22.6 Å². The fraction of sp³-hybridized carbons (Fsp3) is 0.526. The molecule has 5 rings (SSSR count). The summed E-state index contributed by atoms with van der Waals surface area (Å²) in [7, 11) is 0. The van der Waals surface area contributed by atoms with Gasteiger partial charge in [-0.15, -0.1) is 10.2 Å². The van der Waals surface area contributed by atoms with Gasteiger partial charge in [0.05, 0.1) is 15.6 Å². The standard InChI is InChI=1S/C19H22N4O2S/c1-12-4-3-5-14-15(12)20-18(26-14)23-10-19(2,11-23)17-22-21-16(25-17)13-6-8-24-9-7-13/h3-5,13H,6-11H2,1-2H3. The van der Waals surface area contributed by atoms with Crippen LogP contribution in [0.5, 0.6) is 0 Å². The Bertz CT molecular complexity index is 938. The molecule has 4 heterocycles. The lowest BCUT2D eigenvalue weighted by atomic mass is 9.82. The van der Waals surface area contributed by atoms with E-state index in [9.17, 15) is 0 Å². The molecule has 0 spiro atoms. The van der Waals surface area contributed by atoms with Crippen LogP contribution in [0.4, 0.5) is 5.13 Å². The van der Waals surface area contributed by atoms with E-state index < -0.39 is 0 Å². The largest absolute Gasteiger partial charge is 0.424 e.